The fourth-order valence-electron chi connectivity index (χ4n) is 2.91. The molecule has 128 valence electrons. The molecule has 0 saturated carbocycles. The zero-order valence-corrected chi connectivity index (χ0v) is 15.4. The Labute approximate surface area is 143 Å². The fourth-order valence-corrected chi connectivity index (χ4v) is 2.91. The monoisotopic (exact) mass is 328 g/mol. The summed E-state index contributed by atoms with van der Waals surface area (Å²) in [5.41, 5.74) is 5.25. The third-order valence-electron chi connectivity index (χ3n) is 4.54. The molecule has 4 heteroatoms. The molecule has 0 N–H and O–H groups in total. The van der Waals surface area contributed by atoms with Gasteiger partial charge in [-0.1, -0.05) is 6.07 Å². The zero-order chi connectivity index (χ0) is 18.0. The van der Waals surface area contributed by atoms with Crippen LogP contribution in [-0.4, -0.2) is 27.1 Å². The first-order chi connectivity index (χ1) is 11.3. The van der Waals surface area contributed by atoms with E-state index in [2.05, 4.69) is 6.07 Å². The molecule has 0 unspecified atom stereocenters. The first-order valence-corrected chi connectivity index (χ1v) is 7.77. The zero-order valence-electron chi connectivity index (χ0n) is 15.4. The third-order valence-corrected chi connectivity index (χ3v) is 4.54. The van der Waals surface area contributed by atoms with Gasteiger partial charge in [0.25, 0.3) is 0 Å². The highest BCUT2D eigenvalue weighted by molar-refractivity contribution is 6.14. The van der Waals surface area contributed by atoms with Gasteiger partial charge < -0.3 is 14.2 Å². The van der Waals surface area contributed by atoms with Crippen molar-refractivity contribution in [2.24, 2.45) is 0 Å². The summed E-state index contributed by atoms with van der Waals surface area (Å²) in [7, 11) is 4.63. The second-order valence-corrected chi connectivity index (χ2v) is 5.87. The van der Waals surface area contributed by atoms with E-state index in [0.717, 1.165) is 22.3 Å². The van der Waals surface area contributed by atoms with Gasteiger partial charge in [-0.05, 0) is 49.9 Å². The molecule has 0 heterocycles. The predicted molar refractivity (Wildman–Crippen MR) is 94.9 cm³/mol. The minimum absolute atomic E-state index is 0.104. The van der Waals surface area contributed by atoms with Crippen molar-refractivity contribution in [2.75, 3.05) is 21.3 Å². The van der Waals surface area contributed by atoms with Crippen LogP contribution in [0.25, 0.3) is 0 Å². The lowest BCUT2D eigenvalue weighted by Crippen LogP contribution is -2.12. The van der Waals surface area contributed by atoms with E-state index in [1.807, 2.05) is 27.7 Å². The number of rotatable bonds is 5. The summed E-state index contributed by atoms with van der Waals surface area (Å²) in [5.74, 6) is 1.35. The molecule has 0 radical (unpaired) electrons. The summed E-state index contributed by atoms with van der Waals surface area (Å²) < 4.78 is 16.1. The normalized spacial score (nSPS) is 10.5. The third kappa shape index (κ3) is 2.96. The smallest absolute Gasteiger partial charge is 0.201 e. The van der Waals surface area contributed by atoms with Crippen molar-refractivity contribution in [1.82, 2.24) is 0 Å². The molecular formula is C20H24O4. The van der Waals surface area contributed by atoms with Gasteiger partial charge >= 0.3 is 0 Å². The molecule has 0 fully saturated rings. The van der Waals surface area contributed by atoms with Crippen LogP contribution in [0.5, 0.6) is 17.2 Å². The van der Waals surface area contributed by atoms with Crippen LogP contribution in [0.2, 0.25) is 0 Å². The number of ether oxygens (including phenoxy) is 3. The molecule has 0 bridgehead atoms. The fraction of sp³-hybridized carbons (Fsp3) is 0.350. The van der Waals surface area contributed by atoms with Crippen LogP contribution in [0.4, 0.5) is 0 Å². The Kier molecular flexibility index (Phi) is 5.17. The first-order valence-electron chi connectivity index (χ1n) is 7.77. The maximum absolute atomic E-state index is 13.4. The number of aryl methyl sites for hydroxylation is 2. The average Bonchev–Trinajstić information content (AvgIpc) is 2.58. The Hall–Kier alpha value is -2.49. The number of methoxy groups -OCH3 is 3. The second kappa shape index (κ2) is 6.95. The molecule has 2 aromatic carbocycles. The number of carbonyl (C=O) groups excluding carboxylic acids is 1. The largest absolute Gasteiger partial charge is 0.496 e. The quantitative estimate of drug-likeness (QED) is 0.773. The number of hydrogen-bond acceptors (Lipinski definition) is 4. The molecule has 0 saturated heterocycles. The maximum atomic E-state index is 13.4. The Morgan fingerprint density at radius 2 is 1.17 bits per heavy atom. The molecule has 0 aliphatic rings. The summed E-state index contributed by atoms with van der Waals surface area (Å²) in [6.45, 7) is 7.97. The van der Waals surface area contributed by atoms with E-state index >= 15 is 0 Å². The lowest BCUT2D eigenvalue weighted by Gasteiger charge is -2.18. The van der Waals surface area contributed by atoms with Gasteiger partial charge in [-0.2, -0.15) is 0 Å². The van der Waals surface area contributed by atoms with Crippen LogP contribution in [0.15, 0.2) is 18.2 Å². The molecule has 2 aromatic rings. The van der Waals surface area contributed by atoms with E-state index in [4.69, 9.17) is 14.2 Å². The number of hydrogen-bond donors (Lipinski definition) is 0. The second-order valence-electron chi connectivity index (χ2n) is 5.87. The van der Waals surface area contributed by atoms with E-state index in [0.29, 0.717) is 28.4 Å². The summed E-state index contributed by atoms with van der Waals surface area (Å²) in [6, 6.07) is 5.50. The van der Waals surface area contributed by atoms with Crippen LogP contribution in [0.1, 0.15) is 38.2 Å². The van der Waals surface area contributed by atoms with Gasteiger partial charge in [0.15, 0.2) is 0 Å². The molecule has 0 aliphatic carbocycles. The topological polar surface area (TPSA) is 44.8 Å². The van der Waals surface area contributed by atoms with Gasteiger partial charge in [-0.25, -0.2) is 0 Å². The summed E-state index contributed by atoms with van der Waals surface area (Å²) in [4.78, 5) is 13.4. The molecule has 0 atom stereocenters. The van der Waals surface area contributed by atoms with Crippen LogP contribution in [0.3, 0.4) is 0 Å². The summed E-state index contributed by atoms with van der Waals surface area (Å²) in [6.07, 6.45) is 0. The van der Waals surface area contributed by atoms with Crippen LogP contribution in [0, 0.1) is 27.7 Å². The van der Waals surface area contributed by atoms with Gasteiger partial charge in [0.05, 0.1) is 21.3 Å². The van der Waals surface area contributed by atoms with Crippen molar-refractivity contribution in [3.05, 3.63) is 51.6 Å². The van der Waals surface area contributed by atoms with E-state index in [9.17, 15) is 4.79 Å². The highest BCUT2D eigenvalue weighted by atomic mass is 16.5. The standard InChI is InChI=1S/C20H24O4/c1-11-8-12(2)14(4)18(13(11)3)20(21)19-16(23-6)9-15(22-5)10-17(19)24-7/h8-10H,1-7H3. The van der Waals surface area contributed by atoms with Crippen LogP contribution < -0.4 is 14.2 Å². The number of ketones is 1. The predicted octanol–water partition coefficient (Wildman–Crippen LogP) is 4.18. The lowest BCUT2D eigenvalue weighted by molar-refractivity contribution is 0.103. The van der Waals surface area contributed by atoms with Crippen molar-refractivity contribution < 1.29 is 19.0 Å². The molecule has 0 spiro atoms. The van der Waals surface area contributed by atoms with Crippen LogP contribution >= 0.6 is 0 Å². The van der Waals surface area contributed by atoms with Crippen molar-refractivity contribution in [3.63, 3.8) is 0 Å². The maximum Gasteiger partial charge on any atom is 0.201 e. The Morgan fingerprint density at radius 3 is 1.54 bits per heavy atom. The minimum atomic E-state index is -0.104. The van der Waals surface area contributed by atoms with E-state index in [-0.39, 0.29) is 5.78 Å². The average molecular weight is 328 g/mol. The Balaban J connectivity index is 2.76. The summed E-state index contributed by atoms with van der Waals surface area (Å²) >= 11 is 0. The minimum Gasteiger partial charge on any atom is -0.496 e. The van der Waals surface area contributed by atoms with Crippen molar-refractivity contribution >= 4 is 5.78 Å². The first kappa shape index (κ1) is 17.9. The van der Waals surface area contributed by atoms with E-state index in [1.54, 1.807) is 19.2 Å². The molecule has 2 rings (SSSR count). The highest BCUT2D eigenvalue weighted by Gasteiger charge is 2.25. The van der Waals surface area contributed by atoms with Crippen molar-refractivity contribution in [3.8, 4) is 17.2 Å². The van der Waals surface area contributed by atoms with Gasteiger partial charge in [0.1, 0.15) is 22.8 Å². The molecule has 24 heavy (non-hydrogen) atoms. The van der Waals surface area contributed by atoms with Gasteiger partial charge in [-0.3, -0.25) is 4.79 Å². The highest BCUT2D eigenvalue weighted by Crippen LogP contribution is 2.37. The molecule has 4 nitrogen and oxygen atoms in total. The SMILES string of the molecule is COc1cc(OC)c(C(=O)c2c(C)c(C)cc(C)c2C)c(OC)c1. The molecule has 0 aromatic heterocycles. The van der Waals surface area contributed by atoms with Gasteiger partial charge in [-0.15, -0.1) is 0 Å². The van der Waals surface area contributed by atoms with E-state index < -0.39 is 0 Å². The molecule has 0 amide bonds. The Bertz CT molecular complexity index is 739. The molecular weight excluding hydrogens is 304 g/mol. The van der Waals surface area contributed by atoms with Gasteiger partial charge in [0, 0.05) is 17.7 Å². The number of benzene rings is 2. The molecule has 0 aliphatic heterocycles. The van der Waals surface area contributed by atoms with E-state index in [1.165, 1.54) is 14.2 Å². The number of carbonyl (C=O) groups is 1. The lowest BCUT2D eigenvalue weighted by atomic mass is 9.88. The van der Waals surface area contributed by atoms with Crippen LogP contribution in [-0.2, 0) is 0 Å². The summed E-state index contributed by atoms with van der Waals surface area (Å²) in [5, 5.41) is 0. The Morgan fingerprint density at radius 1 is 0.708 bits per heavy atom. The van der Waals surface area contributed by atoms with Crippen molar-refractivity contribution in [2.45, 2.75) is 27.7 Å². The van der Waals surface area contributed by atoms with Gasteiger partial charge in [0.2, 0.25) is 5.78 Å². The van der Waals surface area contributed by atoms with Crippen molar-refractivity contribution in [1.29, 1.82) is 0 Å².